The molecule has 0 heterocycles. The van der Waals surface area contributed by atoms with E-state index in [1.54, 1.807) is 0 Å². The Bertz CT molecular complexity index is 407. The Balaban J connectivity index is 0.00000180. The van der Waals surface area contributed by atoms with Gasteiger partial charge in [-0.1, -0.05) is 35.2 Å². The van der Waals surface area contributed by atoms with Gasteiger partial charge < -0.3 is 11.1 Å². The summed E-state index contributed by atoms with van der Waals surface area (Å²) >= 11 is 6.98. The third-order valence-corrected chi connectivity index (χ3v) is 4.77. The average Bonchev–Trinajstić information content (AvgIpc) is 2.36. The van der Waals surface area contributed by atoms with Crippen LogP contribution in [0, 0.1) is 5.92 Å². The smallest absolute Gasteiger partial charge is 0.0504 e. The summed E-state index contributed by atoms with van der Waals surface area (Å²) in [5, 5.41) is 3.54. The highest BCUT2D eigenvalue weighted by atomic mass is 79.9. The Morgan fingerprint density at radius 3 is 2.53 bits per heavy atom. The zero-order chi connectivity index (χ0) is 13.0. The van der Waals surface area contributed by atoms with Crippen molar-refractivity contribution in [3.63, 3.8) is 0 Å². The summed E-state index contributed by atoms with van der Waals surface area (Å²) in [5.74, 6) is 0.857. The first kappa shape index (κ1) is 17.3. The fraction of sp³-hybridized carbons (Fsp3) is 0.571. The van der Waals surface area contributed by atoms with Crippen molar-refractivity contribution in [1.82, 2.24) is 5.32 Å². The first-order valence-corrected chi connectivity index (χ1v) is 8.19. The van der Waals surface area contributed by atoms with E-state index in [-0.39, 0.29) is 12.4 Å². The molecule has 0 aliphatic heterocycles. The van der Waals surface area contributed by atoms with Gasteiger partial charge >= 0.3 is 0 Å². The van der Waals surface area contributed by atoms with Crippen LogP contribution in [-0.2, 0) is 6.54 Å². The summed E-state index contributed by atoms with van der Waals surface area (Å²) in [7, 11) is 0. The Morgan fingerprint density at radius 1 is 1.16 bits per heavy atom. The van der Waals surface area contributed by atoms with Crippen LogP contribution in [0.5, 0.6) is 0 Å². The molecule has 1 fully saturated rings. The lowest BCUT2D eigenvalue weighted by atomic mass is 9.89. The molecule has 1 aliphatic carbocycles. The van der Waals surface area contributed by atoms with Gasteiger partial charge in [0.25, 0.3) is 0 Å². The van der Waals surface area contributed by atoms with E-state index in [2.05, 4.69) is 43.2 Å². The third kappa shape index (κ3) is 5.25. The van der Waals surface area contributed by atoms with Crippen LogP contribution in [0.2, 0.25) is 0 Å². The van der Waals surface area contributed by atoms with Crippen LogP contribution in [0.15, 0.2) is 21.1 Å². The normalized spacial score (nSPS) is 16.1. The van der Waals surface area contributed by atoms with E-state index < -0.39 is 0 Å². The molecule has 2 nitrogen and oxygen atoms in total. The Hall–Kier alpha value is 0.230. The van der Waals surface area contributed by atoms with Crippen LogP contribution in [0.1, 0.15) is 37.7 Å². The van der Waals surface area contributed by atoms with Gasteiger partial charge in [0.15, 0.2) is 0 Å². The number of nitrogens with two attached hydrogens (primary N) is 1. The minimum atomic E-state index is 0. The molecule has 5 heteroatoms. The van der Waals surface area contributed by atoms with Crippen molar-refractivity contribution in [3.8, 4) is 0 Å². The largest absolute Gasteiger partial charge is 0.398 e. The van der Waals surface area contributed by atoms with Gasteiger partial charge in [0.1, 0.15) is 0 Å². The van der Waals surface area contributed by atoms with Gasteiger partial charge in [0.2, 0.25) is 0 Å². The van der Waals surface area contributed by atoms with E-state index in [1.165, 1.54) is 32.1 Å². The SMILES string of the molecule is Cl.Nc1c(Br)cc(Br)cc1CNCC1CCCCC1. The zero-order valence-corrected chi connectivity index (χ0v) is 14.9. The number of nitrogens with one attached hydrogen (secondary N) is 1. The Kier molecular flexibility index (Phi) is 7.73. The van der Waals surface area contributed by atoms with Crippen molar-refractivity contribution in [2.45, 2.75) is 38.6 Å². The van der Waals surface area contributed by atoms with E-state index >= 15 is 0 Å². The molecule has 0 amide bonds. The monoisotopic (exact) mass is 410 g/mol. The molecule has 1 aromatic rings. The molecule has 0 spiro atoms. The number of benzene rings is 1. The molecular weight excluding hydrogens is 391 g/mol. The zero-order valence-electron chi connectivity index (χ0n) is 10.9. The van der Waals surface area contributed by atoms with Crippen LogP contribution in [0.3, 0.4) is 0 Å². The first-order chi connectivity index (χ1) is 8.66. The number of hydrogen-bond donors (Lipinski definition) is 2. The maximum atomic E-state index is 6.06. The molecule has 1 aromatic carbocycles. The van der Waals surface area contributed by atoms with Crippen LogP contribution < -0.4 is 11.1 Å². The minimum Gasteiger partial charge on any atom is -0.398 e. The molecule has 1 saturated carbocycles. The fourth-order valence-electron chi connectivity index (χ4n) is 2.59. The molecule has 2 rings (SSSR count). The molecule has 0 bridgehead atoms. The third-order valence-electron chi connectivity index (χ3n) is 3.65. The predicted octanol–water partition coefficient (Wildman–Crippen LogP) is 4.89. The standard InChI is InChI=1S/C14H20Br2N2.ClH/c15-12-6-11(14(17)13(16)7-12)9-18-8-10-4-2-1-3-5-10;/h6-7,10,18H,1-5,8-9,17H2;1H. The Morgan fingerprint density at radius 2 is 1.84 bits per heavy atom. The second-order valence-corrected chi connectivity index (χ2v) is 6.87. The van der Waals surface area contributed by atoms with Crippen LogP contribution in [-0.4, -0.2) is 6.54 Å². The van der Waals surface area contributed by atoms with E-state index in [4.69, 9.17) is 5.73 Å². The summed E-state index contributed by atoms with van der Waals surface area (Å²) in [5.41, 5.74) is 8.06. The molecular formula is C14H21Br2ClN2. The summed E-state index contributed by atoms with van der Waals surface area (Å²) in [6.45, 7) is 1.96. The van der Waals surface area contributed by atoms with Crippen LogP contribution >= 0.6 is 44.3 Å². The molecule has 0 unspecified atom stereocenters. The number of anilines is 1. The summed E-state index contributed by atoms with van der Waals surface area (Å²) in [6.07, 6.45) is 6.98. The lowest BCUT2D eigenvalue weighted by Gasteiger charge is -2.22. The van der Waals surface area contributed by atoms with Crippen molar-refractivity contribution >= 4 is 50.0 Å². The molecule has 0 aromatic heterocycles. The maximum Gasteiger partial charge on any atom is 0.0504 e. The van der Waals surface area contributed by atoms with Crippen molar-refractivity contribution in [2.24, 2.45) is 5.92 Å². The number of hydrogen-bond acceptors (Lipinski definition) is 2. The molecule has 19 heavy (non-hydrogen) atoms. The van der Waals surface area contributed by atoms with Gasteiger partial charge in [-0.3, -0.25) is 0 Å². The van der Waals surface area contributed by atoms with Crippen LogP contribution in [0.25, 0.3) is 0 Å². The highest BCUT2D eigenvalue weighted by Crippen LogP contribution is 2.28. The van der Waals surface area contributed by atoms with Crippen LogP contribution in [0.4, 0.5) is 5.69 Å². The lowest BCUT2D eigenvalue weighted by molar-refractivity contribution is 0.342. The molecule has 3 N–H and O–H groups in total. The Labute approximate surface area is 138 Å². The first-order valence-electron chi connectivity index (χ1n) is 6.61. The summed E-state index contributed by atoms with van der Waals surface area (Å²) < 4.78 is 2.03. The molecule has 1 aliphatic rings. The number of nitrogen functional groups attached to an aromatic ring is 1. The van der Waals surface area contributed by atoms with E-state index in [9.17, 15) is 0 Å². The fourth-order valence-corrected chi connectivity index (χ4v) is 3.90. The second-order valence-electron chi connectivity index (χ2n) is 5.10. The van der Waals surface area contributed by atoms with Gasteiger partial charge in [0, 0.05) is 15.5 Å². The molecule has 0 radical (unpaired) electrons. The van der Waals surface area contributed by atoms with Gasteiger partial charge in [-0.15, -0.1) is 12.4 Å². The van der Waals surface area contributed by atoms with Crippen molar-refractivity contribution in [3.05, 3.63) is 26.6 Å². The predicted molar refractivity (Wildman–Crippen MR) is 91.8 cm³/mol. The highest BCUT2D eigenvalue weighted by molar-refractivity contribution is 9.11. The number of rotatable bonds is 4. The molecule has 0 saturated heterocycles. The van der Waals surface area contributed by atoms with Gasteiger partial charge in [0.05, 0.1) is 5.69 Å². The number of halogens is 3. The summed E-state index contributed by atoms with van der Waals surface area (Å²) in [6, 6.07) is 4.08. The quantitative estimate of drug-likeness (QED) is 0.692. The second kappa shape index (κ2) is 8.50. The van der Waals surface area contributed by atoms with Crippen molar-refractivity contribution < 1.29 is 0 Å². The minimum absolute atomic E-state index is 0. The van der Waals surface area contributed by atoms with Gasteiger partial charge in [-0.2, -0.15) is 0 Å². The topological polar surface area (TPSA) is 38.0 Å². The summed E-state index contributed by atoms with van der Waals surface area (Å²) in [4.78, 5) is 0. The van der Waals surface area contributed by atoms with Crippen molar-refractivity contribution in [2.75, 3.05) is 12.3 Å². The van der Waals surface area contributed by atoms with Gasteiger partial charge in [-0.05, 0) is 58.9 Å². The van der Waals surface area contributed by atoms with Gasteiger partial charge in [-0.25, -0.2) is 0 Å². The highest BCUT2D eigenvalue weighted by Gasteiger charge is 2.13. The maximum absolute atomic E-state index is 6.06. The van der Waals surface area contributed by atoms with Crippen molar-refractivity contribution in [1.29, 1.82) is 0 Å². The van der Waals surface area contributed by atoms with E-state index in [0.717, 1.165) is 39.2 Å². The lowest BCUT2D eigenvalue weighted by Crippen LogP contribution is -2.24. The van der Waals surface area contributed by atoms with E-state index in [1.807, 2.05) is 6.07 Å². The average molecular weight is 413 g/mol. The molecule has 108 valence electrons. The molecule has 0 atom stereocenters. The van der Waals surface area contributed by atoms with E-state index in [0.29, 0.717) is 0 Å².